The van der Waals surface area contributed by atoms with Gasteiger partial charge in [0.05, 0.1) is 10.7 Å². The molecule has 2 unspecified atom stereocenters. The molecule has 1 fully saturated rings. The lowest BCUT2D eigenvalue weighted by molar-refractivity contribution is 0.228. The van der Waals surface area contributed by atoms with Crippen LogP contribution in [-0.4, -0.2) is 18.1 Å². The van der Waals surface area contributed by atoms with Crippen LogP contribution in [-0.2, 0) is 6.42 Å². The van der Waals surface area contributed by atoms with Crippen molar-refractivity contribution in [2.45, 2.75) is 59.3 Å². The summed E-state index contributed by atoms with van der Waals surface area (Å²) < 4.78 is 0. The van der Waals surface area contributed by atoms with Gasteiger partial charge in [-0.15, -0.1) is 11.3 Å². The van der Waals surface area contributed by atoms with E-state index in [0.717, 1.165) is 11.8 Å². The van der Waals surface area contributed by atoms with Crippen molar-refractivity contribution in [2.24, 2.45) is 11.8 Å². The average molecular weight is 280 g/mol. The Kier molecular flexibility index (Phi) is 5.83. The summed E-state index contributed by atoms with van der Waals surface area (Å²) in [6.07, 6.45) is 8.09. The second-order valence-corrected chi connectivity index (χ2v) is 7.25. The Hall–Kier alpha value is -0.410. The average Bonchev–Trinajstić information content (AvgIpc) is 2.71. The Labute approximate surface area is 122 Å². The SMILES string of the molecule is CCCNCC1CCCCC1Cc1nc(C)c(C)s1. The molecule has 0 saturated heterocycles. The molecule has 1 aliphatic rings. The summed E-state index contributed by atoms with van der Waals surface area (Å²) in [5, 5.41) is 4.98. The van der Waals surface area contributed by atoms with Crippen molar-refractivity contribution in [1.82, 2.24) is 10.3 Å². The fraction of sp³-hybridized carbons (Fsp3) is 0.812. The maximum Gasteiger partial charge on any atom is 0.0933 e. The number of thiazole rings is 1. The lowest BCUT2D eigenvalue weighted by Crippen LogP contribution is -2.32. The Morgan fingerprint density at radius 1 is 1.21 bits per heavy atom. The summed E-state index contributed by atoms with van der Waals surface area (Å²) in [6, 6.07) is 0. The van der Waals surface area contributed by atoms with Crippen LogP contribution >= 0.6 is 11.3 Å². The van der Waals surface area contributed by atoms with E-state index in [1.54, 1.807) is 0 Å². The van der Waals surface area contributed by atoms with Crippen LogP contribution in [0.2, 0.25) is 0 Å². The van der Waals surface area contributed by atoms with Crippen LogP contribution in [0.3, 0.4) is 0 Å². The highest BCUT2D eigenvalue weighted by Gasteiger charge is 2.25. The molecule has 19 heavy (non-hydrogen) atoms. The molecule has 2 rings (SSSR count). The van der Waals surface area contributed by atoms with Gasteiger partial charge in [-0.2, -0.15) is 0 Å². The predicted octanol–water partition coefficient (Wildman–Crippen LogP) is 4.11. The van der Waals surface area contributed by atoms with Gasteiger partial charge >= 0.3 is 0 Å². The highest BCUT2D eigenvalue weighted by atomic mass is 32.1. The third kappa shape index (κ3) is 4.28. The van der Waals surface area contributed by atoms with Crippen LogP contribution in [0.25, 0.3) is 0 Å². The fourth-order valence-electron chi connectivity index (χ4n) is 3.14. The first-order valence-electron chi connectivity index (χ1n) is 7.84. The minimum atomic E-state index is 0.850. The van der Waals surface area contributed by atoms with E-state index in [2.05, 4.69) is 26.1 Å². The second kappa shape index (κ2) is 7.39. The summed E-state index contributed by atoms with van der Waals surface area (Å²) in [5.41, 5.74) is 1.23. The summed E-state index contributed by atoms with van der Waals surface area (Å²) >= 11 is 1.91. The van der Waals surface area contributed by atoms with Gasteiger partial charge in [0.2, 0.25) is 0 Å². The van der Waals surface area contributed by atoms with E-state index in [9.17, 15) is 0 Å². The summed E-state index contributed by atoms with van der Waals surface area (Å²) in [4.78, 5) is 6.13. The lowest BCUT2D eigenvalue weighted by atomic mass is 9.77. The first-order chi connectivity index (χ1) is 9.20. The molecule has 108 valence electrons. The number of aromatic nitrogens is 1. The largest absolute Gasteiger partial charge is 0.316 e. The van der Waals surface area contributed by atoms with Gasteiger partial charge < -0.3 is 5.32 Å². The van der Waals surface area contributed by atoms with Gasteiger partial charge in [0.15, 0.2) is 0 Å². The Balaban J connectivity index is 1.91. The first kappa shape index (κ1) is 15.0. The molecule has 0 amide bonds. The van der Waals surface area contributed by atoms with Crippen LogP contribution in [0.1, 0.15) is 54.6 Å². The molecule has 1 aromatic rings. The molecule has 0 spiro atoms. The third-order valence-electron chi connectivity index (χ3n) is 4.41. The van der Waals surface area contributed by atoms with Crippen molar-refractivity contribution >= 4 is 11.3 Å². The molecule has 0 aromatic carbocycles. The van der Waals surface area contributed by atoms with E-state index in [1.807, 2.05) is 11.3 Å². The van der Waals surface area contributed by atoms with E-state index >= 15 is 0 Å². The van der Waals surface area contributed by atoms with Crippen molar-refractivity contribution in [3.05, 3.63) is 15.6 Å². The molecule has 0 aliphatic heterocycles. The normalized spacial score (nSPS) is 23.7. The van der Waals surface area contributed by atoms with E-state index in [0.29, 0.717) is 0 Å². The van der Waals surface area contributed by atoms with Gasteiger partial charge in [-0.1, -0.05) is 19.8 Å². The van der Waals surface area contributed by atoms with Crippen molar-refractivity contribution < 1.29 is 0 Å². The number of aryl methyl sites for hydroxylation is 2. The van der Waals surface area contributed by atoms with Crippen molar-refractivity contribution in [1.29, 1.82) is 0 Å². The van der Waals surface area contributed by atoms with E-state index in [-0.39, 0.29) is 0 Å². The quantitative estimate of drug-likeness (QED) is 0.793. The molecule has 1 aromatic heterocycles. The van der Waals surface area contributed by atoms with Crippen LogP contribution in [0.15, 0.2) is 0 Å². The van der Waals surface area contributed by atoms with Crippen molar-refractivity contribution in [3.63, 3.8) is 0 Å². The van der Waals surface area contributed by atoms with Gasteiger partial charge in [0, 0.05) is 11.3 Å². The zero-order valence-electron chi connectivity index (χ0n) is 12.7. The summed E-state index contributed by atoms with van der Waals surface area (Å²) in [7, 11) is 0. The summed E-state index contributed by atoms with van der Waals surface area (Å²) in [5.74, 6) is 1.72. The van der Waals surface area contributed by atoms with Gasteiger partial charge in [0.25, 0.3) is 0 Å². The number of nitrogens with one attached hydrogen (secondary N) is 1. The maximum atomic E-state index is 4.73. The van der Waals surface area contributed by atoms with Gasteiger partial charge in [-0.05, 0) is 58.0 Å². The molecule has 0 bridgehead atoms. The Bertz CT molecular complexity index is 367. The van der Waals surface area contributed by atoms with Crippen molar-refractivity contribution in [3.8, 4) is 0 Å². The molecular weight excluding hydrogens is 252 g/mol. The van der Waals surface area contributed by atoms with Crippen LogP contribution in [0.5, 0.6) is 0 Å². The Morgan fingerprint density at radius 2 is 1.95 bits per heavy atom. The van der Waals surface area contributed by atoms with Gasteiger partial charge in [0.1, 0.15) is 0 Å². The monoisotopic (exact) mass is 280 g/mol. The molecule has 1 N–H and O–H groups in total. The summed E-state index contributed by atoms with van der Waals surface area (Å²) in [6.45, 7) is 8.95. The van der Waals surface area contributed by atoms with Crippen molar-refractivity contribution in [2.75, 3.05) is 13.1 Å². The highest BCUT2D eigenvalue weighted by Crippen LogP contribution is 2.33. The van der Waals surface area contributed by atoms with Crippen LogP contribution in [0.4, 0.5) is 0 Å². The standard InChI is InChI=1S/C16H28N2S/c1-4-9-17-11-15-8-6-5-7-14(15)10-16-18-12(2)13(3)19-16/h14-15,17H,4-11H2,1-3H3. The molecule has 0 radical (unpaired) electrons. The molecule has 2 nitrogen and oxygen atoms in total. The van der Waals surface area contributed by atoms with Gasteiger partial charge in [-0.25, -0.2) is 4.98 Å². The van der Waals surface area contributed by atoms with Crippen LogP contribution < -0.4 is 5.32 Å². The Morgan fingerprint density at radius 3 is 2.58 bits per heavy atom. The third-order valence-corrected chi connectivity index (χ3v) is 5.50. The molecule has 3 heteroatoms. The minimum Gasteiger partial charge on any atom is -0.316 e. The second-order valence-electron chi connectivity index (χ2n) is 5.96. The molecule has 1 aliphatic carbocycles. The number of hydrogen-bond donors (Lipinski definition) is 1. The molecule has 1 saturated carbocycles. The number of rotatable bonds is 6. The first-order valence-corrected chi connectivity index (χ1v) is 8.66. The predicted molar refractivity (Wildman–Crippen MR) is 83.9 cm³/mol. The maximum absolute atomic E-state index is 4.73. The zero-order valence-corrected chi connectivity index (χ0v) is 13.5. The van der Waals surface area contributed by atoms with Crippen LogP contribution in [0, 0.1) is 25.7 Å². The zero-order chi connectivity index (χ0) is 13.7. The van der Waals surface area contributed by atoms with E-state index in [1.165, 1.54) is 67.2 Å². The lowest BCUT2D eigenvalue weighted by Gasteiger charge is -2.31. The highest BCUT2D eigenvalue weighted by molar-refractivity contribution is 7.11. The molecule has 2 atom stereocenters. The fourth-order valence-corrected chi connectivity index (χ4v) is 4.16. The van der Waals surface area contributed by atoms with E-state index in [4.69, 9.17) is 4.98 Å². The topological polar surface area (TPSA) is 24.9 Å². The minimum absolute atomic E-state index is 0.850. The molecule has 1 heterocycles. The van der Waals surface area contributed by atoms with Gasteiger partial charge in [-0.3, -0.25) is 0 Å². The van der Waals surface area contributed by atoms with E-state index < -0.39 is 0 Å². The molecular formula is C16H28N2S. The number of nitrogens with zero attached hydrogens (tertiary/aromatic N) is 1. The number of hydrogen-bond acceptors (Lipinski definition) is 3. The smallest absolute Gasteiger partial charge is 0.0933 e.